The SMILES string of the molecule is CCN(CC[N+]12CCN(CC1)CC2)c1ccc(N=Nc2[nH]nc[n+]2CC)cc1. The van der Waals surface area contributed by atoms with E-state index in [1.807, 2.05) is 16.7 Å². The van der Waals surface area contributed by atoms with Crippen molar-refractivity contribution >= 4 is 17.3 Å². The average molecular weight is 385 g/mol. The van der Waals surface area contributed by atoms with E-state index in [9.17, 15) is 0 Å². The van der Waals surface area contributed by atoms with Crippen LogP contribution in [0.15, 0.2) is 40.8 Å². The Kier molecular flexibility index (Phi) is 5.68. The second kappa shape index (κ2) is 8.36. The van der Waals surface area contributed by atoms with Crippen LogP contribution < -0.4 is 9.47 Å². The van der Waals surface area contributed by atoms with Gasteiger partial charge in [-0.2, -0.15) is 0 Å². The van der Waals surface area contributed by atoms with Gasteiger partial charge < -0.3 is 9.38 Å². The number of likely N-dealkylation sites (N-methyl/N-ethyl adjacent to an activating group) is 1. The molecule has 0 amide bonds. The van der Waals surface area contributed by atoms with Crippen LogP contribution in [0.2, 0.25) is 0 Å². The molecule has 28 heavy (non-hydrogen) atoms. The molecule has 3 saturated heterocycles. The Morgan fingerprint density at radius 1 is 1.11 bits per heavy atom. The zero-order valence-electron chi connectivity index (χ0n) is 17.1. The van der Waals surface area contributed by atoms with Crippen LogP contribution in [0, 0.1) is 0 Å². The van der Waals surface area contributed by atoms with Gasteiger partial charge in [-0.3, -0.25) is 4.90 Å². The summed E-state index contributed by atoms with van der Waals surface area (Å²) in [4.78, 5) is 5.09. The van der Waals surface area contributed by atoms with Crippen LogP contribution >= 0.6 is 0 Å². The predicted octanol–water partition coefficient (Wildman–Crippen LogP) is 2.10. The van der Waals surface area contributed by atoms with Crippen LogP contribution in [-0.2, 0) is 6.54 Å². The van der Waals surface area contributed by atoms with Gasteiger partial charge in [-0.15, -0.1) is 5.10 Å². The first kappa shape index (κ1) is 19.0. The number of fused-ring (bicyclic) bond motifs is 3. The largest absolute Gasteiger partial charge is 0.401 e. The number of anilines is 1. The van der Waals surface area contributed by atoms with Gasteiger partial charge >= 0.3 is 5.95 Å². The monoisotopic (exact) mass is 384 g/mol. The van der Waals surface area contributed by atoms with Gasteiger partial charge in [0.25, 0.3) is 0 Å². The summed E-state index contributed by atoms with van der Waals surface area (Å²) >= 11 is 0. The molecule has 1 N–H and O–H groups in total. The van der Waals surface area contributed by atoms with Crippen LogP contribution in [0.25, 0.3) is 0 Å². The van der Waals surface area contributed by atoms with E-state index < -0.39 is 0 Å². The van der Waals surface area contributed by atoms with E-state index in [4.69, 9.17) is 0 Å². The lowest BCUT2D eigenvalue weighted by Gasteiger charge is -2.51. The summed E-state index contributed by atoms with van der Waals surface area (Å²) in [5, 5.41) is 15.5. The molecule has 1 aromatic carbocycles. The summed E-state index contributed by atoms with van der Waals surface area (Å²) in [7, 11) is 0. The fraction of sp³-hybridized carbons (Fsp3) is 0.600. The van der Waals surface area contributed by atoms with Crippen molar-refractivity contribution < 1.29 is 9.05 Å². The smallest absolute Gasteiger partial charge is 0.366 e. The third-order valence-corrected chi connectivity index (χ3v) is 6.35. The highest BCUT2D eigenvalue weighted by atomic mass is 15.5. The van der Waals surface area contributed by atoms with E-state index in [0.717, 1.165) is 25.3 Å². The van der Waals surface area contributed by atoms with Crippen molar-refractivity contribution in [3.8, 4) is 0 Å². The molecule has 3 aliphatic heterocycles. The molecule has 4 heterocycles. The minimum Gasteiger partial charge on any atom is -0.366 e. The van der Waals surface area contributed by atoms with Crippen molar-refractivity contribution in [3.63, 3.8) is 0 Å². The Labute approximate surface area is 167 Å². The van der Waals surface area contributed by atoms with Crippen LogP contribution in [0.5, 0.6) is 0 Å². The lowest BCUT2D eigenvalue weighted by atomic mass is 10.1. The van der Waals surface area contributed by atoms with E-state index in [2.05, 4.69) is 56.2 Å². The molecule has 8 heteroatoms. The van der Waals surface area contributed by atoms with E-state index >= 15 is 0 Å². The van der Waals surface area contributed by atoms with Gasteiger partial charge in [-0.05, 0) is 43.2 Å². The van der Waals surface area contributed by atoms with Crippen LogP contribution in [-0.4, -0.2) is 78.5 Å². The third-order valence-electron chi connectivity index (χ3n) is 6.35. The highest BCUT2D eigenvalue weighted by Crippen LogP contribution is 2.23. The Bertz CT molecular complexity index is 775. The first-order valence-electron chi connectivity index (χ1n) is 10.5. The van der Waals surface area contributed by atoms with Crippen LogP contribution in [0.1, 0.15) is 13.8 Å². The molecule has 2 bridgehead atoms. The van der Waals surface area contributed by atoms with Gasteiger partial charge in [-0.25, -0.2) is 4.57 Å². The second-order valence-corrected chi connectivity index (χ2v) is 7.84. The predicted molar refractivity (Wildman–Crippen MR) is 109 cm³/mol. The number of aromatic nitrogens is 3. The fourth-order valence-corrected chi connectivity index (χ4v) is 4.29. The molecule has 2 aromatic rings. The molecule has 1 aromatic heterocycles. The fourth-order valence-electron chi connectivity index (χ4n) is 4.29. The normalized spacial score (nSPS) is 24.1. The van der Waals surface area contributed by atoms with E-state index in [-0.39, 0.29) is 0 Å². The number of piperazine rings is 3. The molecule has 0 aliphatic carbocycles. The Balaban J connectivity index is 1.37. The molecular formula is C20H32N8+2. The molecule has 0 atom stereocenters. The molecule has 3 fully saturated rings. The zero-order valence-corrected chi connectivity index (χ0v) is 17.1. The topological polar surface area (TPSA) is 63.8 Å². The molecule has 3 aliphatic rings. The molecule has 150 valence electrons. The first-order chi connectivity index (χ1) is 13.7. The zero-order chi connectivity index (χ0) is 19.4. The summed E-state index contributed by atoms with van der Waals surface area (Å²) in [6.07, 6.45) is 1.73. The Morgan fingerprint density at radius 2 is 1.82 bits per heavy atom. The molecule has 0 spiro atoms. The highest BCUT2D eigenvalue weighted by Gasteiger charge is 2.38. The molecule has 0 saturated carbocycles. The van der Waals surface area contributed by atoms with Gasteiger partial charge in [0.1, 0.15) is 0 Å². The van der Waals surface area contributed by atoms with Gasteiger partial charge in [0.2, 0.25) is 6.33 Å². The maximum atomic E-state index is 4.34. The second-order valence-electron chi connectivity index (χ2n) is 7.84. The van der Waals surface area contributed by atoms with E-state index in [0.29, 0.717) is 5.95 Å². The number of nitrogens with one attached hydrogen (secondary N) is 1. The Hall–Kier alpha value is -2.32. The summed E-state index contributed by atoms with van der Waals surface area (Å²) in [6.45, 7) is 16.3. The number of nitrogens with zero attached hydrogens (tertiary/aromatic N) is 7. The highest BCUT2D eigenvalue weighted by molar-refractivity contribution is 5.52. The molecule has 0 radical (unpaired) electrons. The van der Waals surface area contributed by atoms with Gasteiger partial charge in [-0.1, -0.05) is 5.11 Å². The number of hydrogen-bond acceptors (Lipinski definition) is 5. The third kappa shape index (κ3) is 4.07. The van der Waals surface area contributed by atoms with Crippen molar-refractivity contribution in [3.05, 3.63) is 30.6 Å². The first-order valence-corrected chi connectivity index (χ1v) is 10.5. The molecule has 8 nitrogen and oxygen atoms in total. The number of rotatable bonds is 8. The maximum Gasteiger partial charge on any atom is 0.401 e. The number of H-pyrrole nitrogens is 1. The standard InChI is InChI=1S/C20H31N8/c1-3-26(12-16-28-13-9-25(10-14-28)11-15-28)19-7-5-18(6-8-19)22-24-20-23-21-17-27(20)4-2/h5-8,17H,3-4,9-16H2,1-2H3/q+1/p+1. The number of benzene rings is 1. The molecular weight excluding hydrogens is 352 g/mol. The van der Waals surface area contributed by atoms with Gasteiger partial charge in [0.05, 0.1) is 45.0 Å². The van der Waals surface area contributed by atoms with Crippen molar-refractivity contribution in [1.82, 2.24) is 15.1 Å². The number of hydrogen-bond donors (Lipinski definition) is 1. The minimum absolute atomic E-state index is 0.664. The summed E-state index contributed by atoms with van der Waals surface area (Å²) in [5.41, 5.74) is 2.12. The quantitative estimate of drug-likeness (QED) is 0.431. The maximum absolute atomic E-state index is 4.34. The molecule has 0 unspecified atom stereocenters. The van der Waals surface area contributed by atoms with Gasteiger partial charge in [0, 0.05) is 37.0 Å². The van der Waals surface area contributed by atoms with Crippen LogP contribution in [0.4, 0.5) is 17.3 Å². The number of quaternary nitrogens is 1. The summed E-state index contributed by atoms with van der Waals surface area (Å²) in [6, 6.07) is 8.40. The van der Waals surface area contributed by atoms with Crippen molar-refractivity contribution in [2.24, 2.45) is 10.2 Å². The summed E-state index contributed by atoms with van der Waals surface area (Å²) in [5.74, 6) is 0.664. The van der Waals surface area contributed by atoms with Crippen molar-refractivity contribution in [1.29, 1.82) is 0 Å². The van der Waals surface area contributed by atoms with Crippen LogP contribution in [0.3, 0.4) is 0 Å². The Morgan fingerprint density at radius 3 is 2.46 bits per heavy atom. The number of aryl methyl sites for hydroxylation is 1. The lowest BCUT2D eigenvalue weighted by molar-refractivity contribution is -0.939. The lowest BCUT2D eigenvalue weighted by Crippen LogP contribution is -2.68. The number of azo groups is 1. The number of aromatic amines is 1. The van der Waals surface area contributed by atoms with E-state index in [1.54, 1.807) is 6.33 Å². The van der Waals surface area contributed by atoms with Crippen molar-refractivity contribution in [2.75, 3.05) is 63.8 Å². The summed E-state index contributed by atoms with van der Waals surface area (Å²) < 4.78 is 3.23. The van der Waals surface area contributed by atoms with Gasteiger partial charge in [0.15, 0.2) is 0 Å². The molecule has 5 rings (SSSR count). The van der Waals surface area contributed by atoms with E-state index in [1.165, 1.54) is 56.0 Å². The minimum atomic E-state index is 0.664. The van der Waals surface area contributed by atoms with Crippen molar-refractivity contribution in [2.45, 2.75) is 20.4 Å². The average Bonchev–Trinajstić information content (AvgIpc) is 3.22.